The van der Waals surface area contributed by atoms with Crippen LogP contribution in [0.2, 0.25) is 0 Å². The standard InChI is InChI=1S/C31H46O10/c1-18-10-20(8-9-34-18)30(33)38-17-31(14-35-21-3-6-24-27(12-21)40-24,15-36-22-4-7-25-28(13-22)41-25)16-37-29(32)19-2-5-23-26(11-19)39-23/h18-28H,2-17H2,1H3. The van der Waals surface area contributed by atoms with E-state index < -0.39 is 5.41 Å². The molecule has 41 heavy (non-hydrogen) atoms. The molecule has 11 unspecified atom stereocenters. The zero-order chi connectivity index (χ0) is 28.0. The van der Waals surface area contributed by atoms with Crippen LogP contribution >= 0.6 is 0 Å². The fourth-order valence-electron chi connectivity index (χ4n) is 7.39. The molecule has 4 heterocycles. The third-order valence-corrected chi connectivity index (χ3v) is 10.4. The molecule has 10 heteroatoms. The van der Waals surface area contributed by atoms with E-state index in [0.717, 1.165) is 57.8 Å². The average Bonchev–Trinajstić information content (AvgIpc) is 3.87. The van der Waals surface area contributed by atoms with E-state index in [1.54, 1.807) is 0 Å². The van der Waals surface area contributed by atoms with Gasteiger partial charge in [0.05, 0.1) is 85.4 Å². The smallest absolute Gasteiger partial charge is 0.309 e. The molecule has 0 amide bonds. The van der Waals surface area contributed by atoms with Crippen LogP contribution in [0.15, 0.2) is 0 Å². The highest BCUT2D eigenvalue weighted by molar-refractivity contribution is 5.73. The van der Waals surface area contributed by atoms with Gasteiger partial charge in [0, 0.05) is 19.4 Å². The van der Waals surface area contributed by atoms with E-state index in [-0.39, 0.29) is 74.6 Å². The molecular weight excluding hydrogens is 532 g/mol. The number of esters is 2. The lowest BCUT2D eigenvalue weighted by molar-refractivity contribution is -0.175. The average molecular weight is 579 g/mol. The van der Waals surface area contributed by atoms with Gasteiger partial charge in [0.1, 0.15) is 13.2 Å². The number of epoxide rings is 3. The van der Waals surface area contributed by atoms with Gasteiger partial charge < -0.3 is 37.9 Å². The topological polar surface area (TPSA) is 118 Å². The Bertz CT molecular complexity index is 901. The van der Waals surface area contributed by atoms with Crippen molar-refractivity contribution in [3.05, 3.63) is 0 Å². The summed E-state index contributed by atoms with van der Waals surface area (Å²) in [7, 11) is 0. The van der Waals surface area contributed by atoms with Crippen LogP contribution in [0.3, 0.4) is 0 Å². The van der Waals surface area contributed by atoms with Crippen LogP contribution in [0.4, 0.5) is 0 Å². The van der Waals surface area contributed by atoms with Crippen molar-refractivity contribution in [2.75, 3.05) is 33.0 Å². The Morgan fingerprint density at radius 2 is 1.12 bits per heavy atom. The molecule has 4 aliphatic heterocycles. The van der Waals surface area contributed by atoms with E-state index in [1.807, 2.05) is 6.92 Å². The van der Waals surface area contributed by atoms with Crippen LogP contribution in [-0.4, -0.2) is 99.9 Å². The van der Waals surface area contributed by atoms with Gasteiger partial charge in [-0.15, -0.1) is 0 Å². The SMILES string of the molecule is CC1CC(C(=O)OCC(COC(=O)C2CCC3OC3C2)(COC2CCC3OC3C2)COC2CCC3OC3C2)CCO1. The maximum atomic E-state index is 13.2. The first-order valence-electron chi connectivity index (χ1n) is 16.1. The molecule has 3 saturated carbocycles. The van der Waals surface area contributed by atoms with E-state index in [0.29, 0.717) is 50.0 Å². The van der Waals surface area contributed by atoms with Crippen LogP contribution < -0.4 is 0 Å². The Morgan fingerprint density at radius 3 is 1.63 bits per heavy atom. The van der Waals surface area contributed by atoms with Crippen molar-refractivity contribution in [1.82, 2.24) is 0 Å². The zero-order valence-electron chi connectivity index (χ0n) is 24.2. The quantitative estimate of drug-likeness (QED) is 0.253. The van der Waals surface area contributed by atoms with Crippen molar-refractivity contribution >= 4 is 11.9 Å². The van der Waals surface area contributed by atoms with Crippen LogP contribution in [0.1, 0.15) is 77.6 Å². The molecule has 0 aromatic rings. The van der Waals surface area contributed by atoms with Crippen LogP contribution in [-0.2, 0) is 47.5 Å². The molecule has 0 N–H and O–H groups in total. The summed E-state index contributed by atoms with van der Waals surface area (Å²) in [6, 6.07) is 0. The summed E-state index contributed by atoms with van der Waals surface area (Å²) in [5.41, 5.74) is -0.808. The van der Waals surface area contributed by atoms with Gasteiger partial charge in [-0.3, -0.25) is 9.59 Å². The fourth-order valence-corrected chi connectivity index (χ4v) is 7.39. The summed E-state index contributed by atoms with van der Waals surface area (Å²) in [6.45, 7) is 3.27. The zero-order valence-corrected chi connectivity index (χ0v) is 24.2. The number of ether oxygens (including phenoxy) is 8. The predicted octanol–water partition coefficient (Wildman–Crippen LogP) is 3.11. The second-order valence-electron chi connectivity index (χ2n) is 13.8. The van der Waals surface area contributed by atoms with Crippen molar-refractivity contribution < 1.29 is 47.5 Å². The monoisotopic (exact) mass is 578 g/mol. The highest BCUT2D eigenvalue weighted by atomic mass is 16.6. The molecule has 11 atom stereocenters. The van der Waals surface area contributed by atoms with Gasteiger partial charge in [0.15, 0.2) is 0 Å². The molecule has 0 radical (unpaired) electrons. The van der Waals surface area contributed by atoms with E-state index in [9.17, 15) is 9.59 Å². The van der Waals surface area contributed by atoms with Gasteiger partial charge in [0.2, 0.25) is 0 Å². The van der Waals surface area contributed by atoms with E-state index >= 15 is 0 Å². The second kappa shape index (κ2) is 12.0. The van der Waals surface area contributed by atoms with E-state index in [2.05, 4.69) is 0 Å². The van der Waals surface area contributed by atoms with Crippen LogP contribution in [0.25, 0.3) is 0 Å². The van der Waals surface area contributed by atoms with Gasteiger partial charge >= 0.3 is 11.9 Å². The van der Waals surface area contributed by atoms with Crippen molar-refractivity contribution in [3.8, 4) is 0 Å². The predicted molar refractivity (Wildman–Crippen MR) is 143 cm³/mol. The third-order valence-electron chi connectivity index (χ3n) is 10.4. The minimum absolute atomic E-state index is 0.0313. The van der Waals surface area contributed by atoms with Gasteiger partial charge in [-0.2, -0.15) is 0 Å². The molecule has 230 valence electrons. The summed E-state index contributed by atoms with van der Waals surface area (Å²) in [4.78, 5) is 26.4. The molecule has 10 nitrogen and oxygen atoms in total. The molecule has 0 aromatic heterocycles. The Hall–Kier alpha value is -1.30. The Balaban J connectivity index is 1.03. The minimum atomic E-state index is -0.808. The molecular formula is C31H46O10. The number of rotatable bonds is 12. The summed E-state index contributed by atoms with van der Waals surface area (Å²) in [5.74, 6) is -0.779. The lowest BCUT2D eigenvalue weighted by Gasteiger charge is -2.36. The lowest BCUT2D eigenvalue weighted by Crippen LogP contribution is -2.46. The molecule has 0 aromatic carbocycles. The number of fused-ring (bicyclic) bond motifs is 3. The maximum Gasteiger partial charge on any atom is 0.309 e. The number of carbonyl (C=O) groups excluding carboxylic acids is 2. The van der Waals surface area contributed by atoms with E-state index in [4.69, 9.17) is 37.9 Å². The van der Waals surface area contributed by atoms with Gasteiger partial charge in [0.25, 0.3) is 0 Å². The summed E-state index contributed by atoms with van der Waals surface area (Å²) < 4.78 is 47.8. The number of hydrogen-bond donors (Lipinski definition) is 0. The minimum Gasteiger partial charge on any atom is -0.465 e. The Morgan fingerprint density at radius 1 is 0.610 bits per heavy atom. The van der Waals surface area contributed by atoms with Gasteiger partial charge in [-0.05, 0) is 64.7 Å². The summed E-state index contributed by atoms with van der Waals surface area (Å²) in [6.07, 6.45) is 11.4. The normalized spacial score (nSPS) is 43.9. The van der Waals surface area contributed by atoms with Crippen LogP contribution in [0.5, 0.6) is 0 Å². The van der Waals surface area contributed by atoms with Crippen molar-refractivity contribution in [1.29, 1.82) is 0 Å². The highest BCUT2D eigenvalue weighted by Gasteiger charge is 2.49. The fraction of sp³-hybridized carbons (Fsp3) is 0.935. The van der Waals surface area contributed by atoms with Crippen molar-refractivity contribution in [3.63, 3.8) is 0 Å². The van der Waals surface area contributed by atoms with Gasteiger partial charge in [-0.1, -0.05) is 0 Å². The summed E-state index contributed by atoms with van der Waals surface area (Å²) >= 11 is 0. The number of hydrogen-bond acceptors (Lipinski definition) is 10. The molecule has 0 bridgehead atoms. The summed E-state index contributed by atoms with van der Waals surface area (Å²) in [5, 5.41) is 0. The largest absolute Gasteiger partial charge is 0.465 e. The third kappa shape index (κ3) is 7.10. The Labute approximate surface area is 242 Å². The highest BCUT2D eigenvalue weighted by Crippen LogP contribution is 2.41. The van der Waals surface area contributed by atoms with Crippen LogP contribution in [0, 0.1) is 17.3 Å². The van der Waals surface area contributed by atoms with Crippen molar-refractivity contribution in [2.45, 2.75) is 132 Å². The first-order valence-corrected chi connectivity index (χ1v) is 16.1. The number of carbonyl (C=O) groups is 2. The molecule has 7 aliphatic rings. The molecule has 0 spiro atoms. The second-order valence-corrected chi connectivity index (χ2v) is 13.8. The molecule has 3 aliphatic carbocycles. The lowest BCUT2D eigenvalue weighted by atomic mass is 9.88. The Kier molecular flexibility index (Phi) is 8.33. The van der Waals surface area contributed by atoms with Crippen molar-refractivity contribution in [2.24, 2.45) is 17.3 Å². The molecule has 7 fully saturated rings. The van der Waals surface area contributed by atoms with E-state index in [1.165, 1.54) is 0 Å². The van der Waals surface area contributed by atoms with Gasteiger partial charge in [-0.25, -0.2) is 0 Å². The molecule has 4 saturated heterocycles. The first kappa shape index (κ1) is 28.5. The molecule has 7 rings (SSSR count). The first-order chi connectivity index (χ1) is 19.9. The maximum absolute atomic E-state index is 13.2.